The van der Waals surface area contributed by atoms with E-state index in [1.54, 1.807) is 0 Å². The molecule has 0 aromatic carbocycles. The smallest absolute Gasteiger partial charge is 0.0596 e. The van der Waals surface area contributed by atoms with Gasteiger partial charge in [0.1, 0.15) is 0 Å². The fourth-order valence-corrected chi connectivity index (χ4v) is 3.39. The highest BCUT2D eigenvalue weighted by Crippen LogP contribution is 2.41. The Morgan fingerprint density at radius 2 is 1.95 bits per heavy atom. The molecule has 2 rings (SSSR count). The molecule has 0 radical (unpaired) electrons. The maximum absolute atomic E-state index is 4.61. The van der Waals surface area contributed by atoms with E-state index < -0.39 is 0 Å². The molecule has 1 N–H and O–H groups in total. The molecule has 20 heavy (non-hydrogen) atoms. The summed E-state index contributed by atoms with van der Waals surface area (Å²) < 4.78 is 2.19. The van der Waals surface area contributed by atoms with Gasteiger partial charge in [-0.15, -0.1) is 0 Å². The molecule has 0 unspecified atom stereocenters. The van der Waals surface area contributed by atoms with Crippen LogP contribution in [0.1, 0.15) is 64.8 Å². The summed E-state index contributed by atoms with van der Waals surface area (Å²) in [5, 5.41) is 8.35. The van der Waals surface area contributed by atoms with Crippen LogP contribution in [0.5, 0.6) is 0 Å². The Labute approximate surface area is 124 Å². The normalized spacial score (nSPS) is 18.6. The minimum Gasteiger partial charge on any atom is -0.312 e. The fourth-order valence-electron chi connectivity index (χ4n) is 3.39. The summed E-state index contributed by atoms with van der Waals surface area (Å²) in [6, 6.07) is 2.28. The van der Waals surface area contributed by atoms with Crippen LogP contribution >= 0.6 is 0 Å². The Morgan fingerprint density at radius 3 is 2.50 bits per heavy atom. The molecule has 0 aliphatic heterocycles. The van der Waals surface area contributed by atoms with Crippen molar-refractivity contribution in [2.75, 3.05) is 6.54 Å². The summed E-state index contributed by atoms with van der Waals surface area (Å²) >= 11 is 0. The third-order valence-electron chi connectivity index (χ3n) is 4.50. The second kappa shape index (κ2) is 5.88. The molecule has 0 saturated heterocycles. The van der Waals surface area contributed by atoms with Gasteiger partial charge < -0.3 is 5.32 Å². The topological polar surface area (TPSA) is 29.9 Å². The van der Waals surface area contributed by atoms with E-state index in [0.29, 0.717) is 5.41 Å². The third kappa shape index (κ3) is 3.85. The second-order valence-electron chi connectivity index (χ2n) is 7.58. The highest BCUT2D eigenvalue weighted by Gasteiger charge is 2.35. The molecule has 0 bridgehead atoms. The molecule has 1 heterocycles. The molecule has 3 heteroatoms. The number of rotatable bonds is 5. The van der Waals surface area contributed by atoms with Gasteiger partial charge in [0, 0.05) is 24.3 Å². The van der Waals surface area contributed by atoms with Crippen LogP contribution in [0.15, 0.2) is 6.07 Å². The van der Waals surface area contributed by atoms with Gasteiger partial charge in [0.2, 0.25) is 0 Å². The third-order valence-corrected chi connectivity index (χ3v) is 4.50. The van der Waals surface area contributed by atoms with Gasteiger partial charge in [-0.2, -0.15) is 5.10 Å². The van der Waals surface area contributed by atoms with E-state index in [0.717, 1.165) is 18.8 Å². The van der Waals surface area contributed by atoms with Crippen LogP contribution in [0.4, 0.5) is 0 Å². The van der Waals surface area contributed by atoms with E-state index in [1.165, 1.54) is 37.8 Å². The SMILES string of the molecule is CCn1nc(C)cc1CC1(CNC(C)(C)C)CCCC1. The maximum Gasteiger partial charge on any atom is 0.0596 e. The minimum absolute atomic E-state index is 0.205. The number of nitrogens with zero attached hydrogens (tertiary/aromatic N) is 2. The van der Waals surface area contributed by atoms with Crippen molar-refractivity contribution in [3.05, 3.63) is 17.5 Å². The molecule has 0 spiro atoms. The minimum atomic E-state index is 0.205. The zero-order valence-corrected chi connectivity index (χ0v) is 13.9. The van der Waals surface area contributed by atoms with Crippen molar-refractivity contribution in [2.45, 2.75) is 78.8 Å². The summed E-state index contributed by atoms with van der Waals surface area (Å²) in [5.74, 6) is 0. The van der Waals surface area contributed by atoms with Crippen molar-refractivity contribution >= 4 is 0 Å². The Hall–Kier alpha value is -0.830. The molecule has 1 aromatic rings. The molecule has 0 amide bonds. The van der Waals surface area contributed by atoms with E-state index in [9.17, 15) is 0 Å². The standard InChI is InChI=1S/C17H31N3/c1-6-20-15(11-14(2)19-20)12-17(9-7-8-10-17)13-18-16(3,4)5/h11,18H,6-10,12-13H2,1-5H3. The Balaban J connectivity index is 2.12. The molecule has 1 aliphatic carbocycles. The molecular formula is C17H31N3. The first kappa shape index (κ1) is 15.6. The molecule has 3 nitrogen and oxygen atoms in total. The van der Waals surface area contributed by atoms with Crippen LogP contribution in [0.2, 0.25) is 0 Å². The maximum atomic E-state index is 4.61. The summed E-state index contributed by atoms with van der Waals surface area (Å²) in [6.07, 6.45) is 6.63. The van der Waals surface area contributed by atoms with Crippen LogP contribution in [0.25, 0.3) is 0 Å². The highest BCUT2D eigenvalue weighted by atomic mass is 15.3. The first-order valence-electron chi connectivity index (χ1n) is 8.12. The highest BCUT2D eigenvalue weighted by molar-refractivity contribution is 5.12. The number of aryl methyl sites for hydroxylation is 2. The predicted octanol–water partition coefficient (Wildman–Crippen LogP) is 3.70. The van der Waals surface area contributed by atoms with Crippen LogP contribution < -0.4 is 5.32 Å². The zero-order chi connectivity index (χ0) is 14.8. The van der Waals surface area contributed by atoms with E-state index >= 15 is 0 Å². The Kier molecular flexibility index (Phi) is 4.58. The van der Waals surface area contributed by atoms with Crippen LogP contribution in [0, 0.1) is 12.3 Å². The number of nitrogens with one attached hydrogen (secondary N) is 1. The lowest BCUT2D eigenvalue weighted by Crippen LogP contribution is -2.44. The van der Waals surface area contributed by atoms with Gasteiger partial charge in [0.15, 0.2) is 0 Å². The monoisotopic (exact) mass is 277 g/mol. The molecule has 1 fully saturated rings. The predicted molar refractivity (Wildman–Crippen MR) is 85.0 cm³/mol. The summed E-state index contributed by atoms with van der Waals surface area (Å²) in [5.41, 5.74) is 3.21. The first-order valence-corrected chi connectivity index (χ1v) is 8.12. The van der Waals surface area contributed by atoms with Crippen molar-refractivity contribution in [2.24, 2.45) is 5.41 Å². The van der Waals surface area contributed by atoms with Gasteiger partial charge in [-0.3, -0.25) is 4.68 Å². The summed E-state index contributed by atoms with van der Waals surface area (Å²) in [4.78, 5) is 0. The lowest BCUT2D eigenvalue weighted by atomic mass is 9.80. The average molecular weight is 277 g/mol. The lowest BCUT2D eigenvalue weighted by Gasteiger charge is -2.33. The second-order valence-corrected chi connectivity index (χ2v) is 7.58. The van der Waals surface area contributed by atoms with Crippen molar-refractivity contribution in [3.8, 4) is 0 Å². The van der Waals surface area contributed by atoms with Crippen molar-refractivity contribution in [1.29, 1.82) is 0 Å². The quantitative estimate of drug-likeness (QED) is 0.889. The van der Waals surface area contributed by atoms with Crippen molar-refractivity contribution in [1.82, 2.24) is 15.1 Å². The van der Waals surface area contributed by atoms with E-state index in [1.807, 2.05) is 0 Å². The largest absolute Gasteiger partial charge is 0.312 e. The zero-order valence-electron chi connectivity index (χ0n) is 13.9. The van der Waals surface area contributed by atoms with Crippen molar-refractivity contribution < 1.29 is 0 Å². The van der Waals surface area contributed by atoms with Crippen molar-refractivity contribution in [3.63, 3.8) is 0 Å². The number of aromatic nitrogens is 2. The fraction of sp³-hybridized carbons (Fsp3) is 0.824. The molecule has 1 saturated carbocycles. The van der Waals surface area contributed by atoms with Gasteiger partial charge in [-0.1, -0.05) is 12.8 Å². The van der Waals surface area contributed by atoms with E-state index in [-0.39, 0.29) is 5.54 Å². The summed E-state index contributed by atoms with van der Waals surface area (Å²) in [6.45, 7) is 13.2. The van der Waals surface area contributed by atoms with Gasteiger partial charge in [-0.25, -0.2) is 0 Å². The van der Waals surface area contributed by atoms with Crippen LogP contribution in [0.3, 0.4) is 0 Å². The van der Waals surface area contributed by atoms with E-state index in [2.05, 4.69) is 55.8 Å². The molecule has 1 aromatic heterocycles. The van der Waals surface area contributed by atoms with Gasteiger partial charge >= 0.3 is 0 Å². The van der Waals surface area contributed by atoms with Crippen LogP contribution in [-0.2, 0) is 13.0 Å². The average Bonchev–Trinajstić information content (AvgIpc) is 2.94. The van der Waals surface area contributed by atoms with E-state index in [4.69, 9.17) is 0 Å². The molecule has 1 aliphatic rings. The Morgan fingerprint density at radius 1 is 1.30 bits per heavy atom. The van der Waals surface area contributed by atoms with Gasteiger partial charge in [-0.05, 0) is 65.4 Å². The molecule has 0 atom stereocenters. The molecule has 114 valence electrons. The van der Waals surface area contributed by atoms with Gasteiger partial charge in [0.25, 0.3) is 0 Å². The van der Waals surface area contributed by atoms with Crippen LogP contribution in [-0.4, -0.2) is 21.9 Å². The summed E-state index contributed by atoms with van der Waals surface area (Å²) in [7, 11) is 0. The first-order chi connectivity index (χ1) is 9.34. The lowest BCUT2D eigenvalue weighted by molar-refractivity contribution is 0.239. The number of hydrogen-bond acceptors (Lipinski definition) is 2. The van der Waals surface area contributed by atoms with Gasteiger partial charge in [0.05, 0.1) is 5.69 Å². The Bertz CT molecular complexity index is 434. The molecular weight excluding hydrogens is 246 g/mol. The number of hydrogen-bond donors (Lipinski definition) is 1.